The monoisotopic (exact) mass is 252 g/mol. The van der Waals surface area contributed by atoms with E-state index in [1.54, 1.807) is 11.3 Å². The molecule has 4 nitrogen and oxygen atoms in total. The maximum Gasteiger partial charge on any atom is 0.223 e. The molecule has 0 atom stereocenters. The smallest absolute Gasteiger partial charge is 0.223 e. The van der Waals surface area contributed by atoms with E-state index < -0.39 is 0 Å². The predicted octanol–water partition coefficient (Wildman–Crippen LogP) is 1.83. The molecule has 0 spiro atoms. The fourth-order valence-corrected chi connectivity index (χ4v) is 3.54. The van der Waals surface area contributed by atoms with Crippen molar-refractivity contribution in [3.8, 4) is 0 Å². The lowest BCUT2D eigenvalue weighted by molar-refractivity contribution is 0.844. The van der Waals surface area contributed by atoms with Gasteiger partial charge >= 0.3 is 0 Å². The van der Waals surface area contributed by atoms with E-state index in [4.69, 9.17) is 5.73 Å². The molecule has 1 fully saturated rings. The minimum atomic E-state index is 0.378. The first kappa shape index (κ1) is 10.2. The maximum absolute atomic E-state index is 5.74. The number of hydrogen-bond donors (Lipinski definition) is 1. The second kappa shape index (κ2) is 4.10. The van der Waals surface area contributed by atoms with Crippen LogP contribution in [-0.2, 0) is 0 Å². The molecule has 0 radical (unpaired) electrons. The van der Waals surface area contributed by atoms with Crippen molar-refractivity contribution in [3.63, 3.8) is 0 Å². The van der Waals surface area contributed by atoms with Crippen molar-refractivity contribution >= 4 is 45.1 Å². The van der Waals surface area contributed by atoms with Crippen LogP contribution in [0.15, 0.2) is 11.4 Å². The van der Waals surface area contributed by atoms with Gasteiger partial charge in [0.05, 0.1) is 5.39 Å². The number of anilines is 2. The van der Waals surface area contributed by atoms with E-state index >= 15 is 0 Å². The van der Waals surface area contributed by atoms with E-state index in [-0.39, 0.29) is 0 Å². The summed E-state index contributed by atoms with van der Waals surface area (Å²) in [7, 11) is 0. The molecule has 2 N–H and O–H groups in total. The molecular formula is C10H12N4S2. The number of hydrogen-bond acceptors (Lipinski definition) is 6. The number of fused-ring (bicyclic) bond motifs is 1. The van der Waals surface area contributed by atoms with Gasteiger partial charge < -0.3 is 10.6 Å². The second-order valence-electron chi connectivity index (χ2n) is 3.64. The van der Waals surface area contributed by atoms with Crippen LogP contribution in [0.3, 0.4) is 0 Å². The van der Waals surface area contributed by atoms with Gasteiger partial charge in [0.1, 0.15) is 10.6 Å². The molecule has 2 aromatic rings. The number of aromatic nitrogens is 2. The van der Waals surface area contributed by atoms with Gasteiger partial charge in [-0.05, 0) is 11.4 Å². The highest BCUT2D eigenvalue weighted by Crippen LogP contribution is 2.29. The standard InChI is InChI=1S/C10H12N4S2/c11-10-12-8(14-2-5-15-6-3-14)7-1-4-16-9(7)13-10/h1,4H,2-3,5-6H2,(H2,11,12,13). The van der Waals surface area contributed by atoms with Crippen LogP contribution in [0, 0.1) is 0 Å². The highest BCUT2D eigenvalue weighted by atomic mass is 32.2. The van der Waals surface area contributed by atoms with Crippen LogP contribution in [0.1, 0.15) is 0 Å². The van der Waals surface area contributed by atoms with Gasteiger partial charge in [-0.1, -0.05) is 0 Å². The normalized spacial score (nSPS) is 16.9. The summed E-state index contributed by atoms with van der Waals surface area (Å²) < 4.78 is 0. The van der Waals surface area contributed by atoms with Crippen LogP contribution in [0.2, 0.25) is 0 Å². The molecule has 3 rings (SSSR count). The molecule has 1 saturated heterocycles. The Balaban J connectivity index is 2.09. The fraction of sp³-hybridized carbons (Fsp3) is 0.400. The average molecular weight is 252 g/mol. The van der Waals surface area contributed by atoms with Gasteiger partial charge in [0.15, 0.2) is 0 Å². The number of thiophene rings is 1. The van der Waals surface area contributed by atoms with E-state index in [9.17, 15) is 0 Å². The molecule has 1 aliphatic heterocycles. The number of thioether (sulfide) groups is 1. The molecule has 0 aromatic carbocycles. The van der Waals surface area contributed by atoms with Crippen LogP contribution in [-0.4, -0.2) is 34.6 Å². The van der Waals surface area contributed by atoms with Gasteiger partial charge in [-0.3, -0.25) is 0 Å². The van der Waals surface area contributed by atoms with Crippen molar-refractivity contribution in [1.82, 2.24) is 9.97 Å². The summed E-state index contributed by atoms with van der Waals surface area (Å²) in [5.41, 5.74) is 5.74. The summed E-state index contributed by atoms with van der Waals surface area (Å²) in [5, 5.41) is 3.17. The SMILES string of the molecule is Nc1nc(N2CCSCC2)c2ccsc2n1. The van der Waals surface area contributed by atoms with Gasteiger partial charge in [-0.15, -0.1) is 11.3 Å². The van der Waals surface area contributed by atoms with Gasteiger partial charge in [0, 0.05) is 24.6 Å². The van der Waals surface area contributed by atoms with Crippen LogP contribution < -0.4 is 10.6 Å². The first-order valence-electron chi connectivity index (χ1n) is 5.18. The van der Waals surface area contributed by atoms with Crippen molar-refractivity contribution < 1.29 is 0 Å². The molecule has 1 aliphatic rings. The Hall–Kier alpha value is -1.01. The largest absolute Gasteiger partial charge is 0.368 e. The zero-order chi connectivity index (χ0) is 11.0. The molecule has 3 heterocycles. The lowest BCUT2D eigenvalue weighted by Crippen LogP contribution is -2.33. The molecular weight excluding hydrogens is 240 g/mol. The molecule has 0 unspecified atom stereocenters. The minimum Gasteiger partial charge on any atom is -0.368 e. The van der Waals surface area contributed by atoms with Crippen LogP contribution in [0.4, 0.5) is 11.8 Å². The lowest BCUT2D eigenvalue weighted by atomic mass is 10.3. The van der Waals surface area contributed by atoms with Crippen molar-refractivity contribution in [2.45, 2.75) is 0 Å². The summed E-state index contributed by atoms with van der Waals surface area (Å²) in [5.74, 6) is 3.71. The average Bonchev–Trinajstić information content (AvgIpc) is 2.77. The predicted molar refractivity (Wildman–Crippen MR) is 71.4 cm³/mol. The number of rotatable bonds is 1. The van der Waals surface area contributed by atoms with Crippen molar-refractivity contribution in [2.24, 2.45) is 0 Å². The zero-order valence-corrected chi connectivity index (χ0v) is 10.4. The fourth-order valence-electron chi connectivity index (χ4n) is 1.87. The molecule has 6 heteroatoms. The Bertz CT molecular complexity index is 504. The molecule has 0 bridgehead atoms. The van der Waals surface area contributed by atoms with E-state index in [1.807, 2.05) is 17.1 Å². The Morgan fingerprint density at radius 1 is 1.25 bits per heavy atom. The van der Waals surface area contributed by atoms with Gasteiger partial charge in [-0.2, -0.15) is 16.7 Å². The number of nitrogen functional groups attached to an aromatic ring is 1. The third kappa shape index (κ3) is 1.72. The molecule has 84 valence electrons. The number of nitrogens with zero attached hydrogens (tertiary/aromatic N) is 3. The van der Waals surface area contributed by atoms with Crippen LogP contribution in [0.5, 0.6) is 0 Å². The quantitative estimate of drug-likeness (QED) is 0.839. The van der Waals surface area contributed by atoms with Crippen molar-refractivity contribution in [3.05, 3.63) is 11.4 Å². The van der Waals surface area contributed by atoms with Crippen molar-refractivity contribution in [1.29, 1.82) is 0 Å². The minimum absolute atomic E-state index is 0.378. The lowest BCUT2D eigenvalue weighted by Gasteiger charge is -2.27. The van der Waals surface area contributed by atoms with Crippen LogP contribution >= 0.6 is 23.1 Å². The third-order valence-electron chi connectivity index (χ3n) is 2.63. The Kier molecular flexibility index (Phi) is 2.61. The van der Waals surface area contributed by atoms with E-state index in [2.05, 4.69) is 20.9 Å². The van der Waals surface area contributed by atoms with Crippen molar-refractivity contribution in [2.75, 3.05) is 35.2 Å². The molecule has 0 saturated carbocycles. The van der Waals surface area contributed by atoms with Gasteiger partial charge in [-0.25, -0.2) is 4.98 Å². The molecule has 0 amide bonds. The highest BCUT2D eigenvalue weighted by molar-refractivity contribution is 7.99. The van der Waals surface area contributed by atoms with E-state index in [0.717, 1.165) is 40.6 Å². The molecule has 2 aromatic heterocycles. The summed E-state index contributed by atoms with van der Waals surface area (Å²) in [4.78, 5) is 11.9. The zero-order valence-electron chi connectivity index (χ0n) is 8.72. The Morgan fingerprint density at radius 2 is 2.06 bits per heavy atom. The summed E-state index contributed by atoms with van der Waals surface area (Å²) in [6.45, 7) is 2.10. The molecule has 0 aliphatic carbocycles. The maximum atomic E-state index is 5.74. The number of nitrogens with two attached hydrogens (primary N) is 1. The van der Waals surface area contributed by atoms with Gasteiger partial charge in [0.25, 0.3) is 0 Å². The first-order valence-corrected chi connectivity index (χ1v) is 7.21. The van der Waals surface area contributed by atoms with Crippen LogP contribution in [0.25, 0.3) is 10.2 Å². The topological polar surface area (TPSA) is 55.0 Å². The summed E-state index contributed by atoms with van der Waals surface area (Å²) in [6.07, 6.45) is 0. The van der Waals surface area contributed by atoms with Gasteiger partial charge in [0.2, 0.25) is 5.95 Å². The Morgan fingerprint density at radius 3 is 2.88 bits per heavy atom. The van der Waals surface area contributed by atoms with E-state index in [1.165, 1.54) is 0 Å². The Labute approximate surface area is 102 Å². The summed E-state index contributed by atoms with van der Waals surface area (Å²) >= 11 is 3.61. The highest BCUT2D eigenvalue weighted by Gasteiger charge is 2.16. The third-order valence-corrected chi connectivity index (χ3v) is 4.38. The first-order chi connectivity index (χ1) is 7.84. The van der Waals surface area contributed by atoms with E-state index in [0.29, 0.717) is 5.95 Å². The molecule has 16 heavy (non-hydrogen) atoms. The second-order valence-corrected chi connectivity index (χ2v) is 5.76. The summed E-state index contributed by atoms with van der Waals surface area (Å²) in [6, 6.07) is 2.08.